The van der Waals surface area contributed by atoms with Gasteiger partial charge in [-0.3, -0.25) is 14.3 Å². The maximum atomic E-state index is 13.3. The molecule has 0 radical (unpaired) electrons. The van der Waals surface area contributed by atoms with E-state index in [0.717, 1.165) is 43.3 Å². The molecule has 2 aromatic carbocycles. The molecule has 0 unspecified atom stereocenters. The first-order valence-electron chi connectivity index (χ1n) is 8.94. The summed E-state index contributed by atoms with van der Waals surface area (Å²) in [6, 6.07) is 13.3. The topological polar surface area (TPSA) is 76.2 Å². The zero-order valence-corrected chi connectivity index (χ0v) is 14.9. The van der Waals surface area contributed by atoms with Crippen LogP contribution in [0.1, 0.15) is 11.4 Å². The second-order valence-corrected chi connectivity index (χ2v) is 6.76. The van der Waals surface area contributed by atoms with Crippen molar-refractivity contribution in [2.24, 2.45) is 0 Å². The predicted octanol–water partition coefficient (Wildman–Crippen LogP) is 1.68. The first-order chi connectivity index (χ1) is 12.6. The molecule has 0 spiro atoms. The molecule has 3 aromatic rings. The molecule has 2 heterocycles. The number of benzene rings is 2. The van der Waals surface area contributed by atoms with Crippen LogP contribution >= 0.6 is 0 Å². The third-order valence-electron chi connectivity index (χ3n) is 4.89. The van der Waals surface area contributed by atoms with Crippen molar-refractivity contribution in [3.63, 3.8) is 0 Å². The predicted molar refractivity (Wildman–Crippen MR) is 105 cm³/mol. The minimum absolute atomic E-state index is 0.0678. The average molecular weight is 349 g/mol. The van der Waals surface area contributed by atoms with Crippen molar-refractivity contribution < 1.29 is 0 Å². The molecule has 1 aliphatic heterocycles. The van der Waals surface area contributed by atoms with Crippen LogP contribution in [0.3, 0.4) is 0 Å². The lowest BCUT2D eigenvalue weighted by molar-refractivity contribution is 0.226. The van der Waals surface area contributed by atoms with E-state index in [-0.39, 0.29) is 5.56 Å². The van der Waals surface area contributed by atoms with Gasteiger partial charge in [-0.25, -0.2) is 4.98 Å². The second-order valence-electron chi connectivity index (χ2n) is 6.76. The quantitative estimate of drug-likeness (QED) is 0.704. The number of aromatic nitrogens is 2. The highest BCUT2D eigenvalue weighted by atomic mass is 16.1. The van der Waals surface area contributed by atoms with E-state index in [4.69, 9.17) is 10.7 Å². The maximum absolute atomic E-state index is 13.3. The van der Waals surface area contributed by atoms with Crippen molar-refractivity contribution in [1.82, 2.24) is 19.8 Å². The number of piperazine rings is 1. The number of fused-ring (bicyclic) bond motifs is 1. The second kappa shape index (κ2) is 6.90. The van der Waals surface area contributed by atoms with Crippen LogP contribution in [-0.2, 0) is 6.54 Å². The Kier molecular flexibility index (Phi) is 4.44. The van der Waals surface area contributed by atoms with E-state index >= 15 is 0 Å². The fraction of sp³-hybridized carbons (Fsp3) is 0.300. The number of nitrogen functional groups attached to an aromatic ring is 1. The number of anilines is 1. The van der Waals surface area contributed by atoms with E-state index in [9.17, 15) is 4.79 Å². The highest BCUT2D eigenvalue weighted by Crippen LogP contribution is 2.19. The molecule has 6 nitrogen and oxygen atoms in total. The van der Waals surface area contributed by atoms with E-state index < -0.39 is 0 Å². The van der Waals surface area contributed by atoms with Gasteiger partial charge in [-0.2, -0.15) is 0 Å². The standard InChI is InChI=1S/C20H23N5O/c1-14-4-2-3-5-18(14)25-19(13-24-10-8-22-9-11-24)23-17-7-6-15(21)12-16(17)20(25)26/h2-7,12,22H,8-11,13,21H2,1H3. The van der Waals surface area contributed by atoms with Gasteiger partial charge in [-0.1, -0.05) is 18.2 Å². The molecule has 3 N–H and O–H groups in total. The lowest BCUT2D eigenvalue weighted by Crippen LogP contribution is -2.44. The zero-order valence-electron chi connectivity index (χ0n) is 14.9. The fourth-order valence-electron chi connectivity index (χ4n) is 3.49. The van der Waals surface area contributed by atoms with Gasteiger partial charge in [0.05, 0.1) is 23.1 Å². The molecule has 1 saturated heterocycles. The maximum Gasteiger partial charge on any atom is 0.266 e. The van der Waals surface area contributed by atoms with E-state index in [2.05, 4.69) is 10.2 Å². The lowest BCUT2D eigenvalue weighted by atomic mass is 10.1. The normalized spacial score (nSPS) is 15.4. The van der Waals surface area contributed by atoms with Crippen LogP contribution in [0.5, 0.6) is 0 Å². The molecular formula is C20H23N5O. The molecule has 1 aromatic heterocycles. The Labute approximate surface area is 152 Å². The molecule has 0 bridgehead atoms. The number of aryl methyl sites for hydroxylation is 1. The Morgan fingerprint density at radius 3 is 2.69 bits per heavy atom. The van der Waals surface area contributed by atoms with Crippen molar-refractivity contribution in [1.29, 1.82) is 0 Å². The number of rotatable bonds is 3. The van der Waals surface area contributed by atoms with Crippen LogP contribution in [0.2, 0.25) is 0 Å². The van der Waals surface area contributed by atoms with Crippen LogP contribution in [0.25, 0.3) is 16.6 Å². The molecule has 0 atom stereocenters. The number of nitrogens with two attached hydrogens (primary N) is 1. The third-order valence-corrected chi connectivity index (χ3v) is 4.89. The van der Waals surface area contributed by atoms with Crippen molar-refractivity contribution in [3.05, 3.63) is 64.2 Å². The summed E-state index contributed by atoms with van der Waals surface area (Å²) in [6.45, 7) is 6.47. The van der Waals surface area contributed by atoms with Gasteiger partial charge >= 0.3 is 0 Å². The highest BCUT2D eigenvalue weighted by molar-refractivity contribution is 5.81. The van der Waals surface area contributed by atoms with Crippen LogP contribution in [-0.4, -0.2) is 40.6 Å². The van der Waals surface area contributed by atoms with E-state index in [1.165, 1.54) is 0 Å². The average Bonchev–Trinajstić information content (AvgIpc) is 2.65. The fourth-order valence-corrected chi connectivity index (χ4v) is 3.49. The number of hydrogen-bond acceptors (Lipinski definition) is 5. The third kappa shape index (κ3) is 3.09. The van der Waals surface area contributed by atoms with Crippen LogP contribution in [0.15, 0.2) is 47.3 Å². The molecule has 1 fully saturated rings. The largest absolute Gasteiger partial charge is 0.399 e. The Balaban J connectivity index is 1.93. The monoisotopic (exact) mass is 349 g/mol. The molecular weight excluding hydrogens is 326 g/mol. The van der Waals surface area contributed by atoms with Gasteiger partial charge in [0.1, 0.15) is 5.82 Å². The van der Waals surface area contributed by atoms with Crippen molar-refractivity contribution >= 4 is 16.6 Å². The summed E-state index contributed by atoms with van der Waals surface area (Å²) in [7, 11) is 0. The summed E-state index contributed by atoms with van der Waals surface area (Å²) in [6.07, 6.45) is 0. The summed E-state index contributed by atoms with van der Waals surface area (Å²) in [4.78, 5) is 20.5. The minimum Gasteiger partial charge on any atom is -0.399 e. The Bertz CT molecular complexity index is 1000. The molecule has 0 aliphatic carbocycles. The summed E-state index contributed by atoms with van der Waals surface area (Å²) < 4.78 is 1.75. The SMILES string of the molecule is Cc1ccccc1-n1c(CN2CCNCC2)nc2ccc(N)cc2c1=O. The summed E-state index contributed by atoms with van der Waals surface area (Å²) in [5.74, 6) is 0.767. The smallest absolute Gasteiger partial charge is 0.266 e. The van der Waals surface area contributed by atoms with Gasteiger partial charge < -0.3 is 11.1 Å². The number of hydrogen-bond donors (Lipinski definition) is 2. The molecule has 0 amide bonds. The van der Waals surface area contributed by atoms with Gasteiger partial charge in [0.25, 0.3) is 5.56 Å². The summed E-state index contributed by atoms with van der Waals surface area (Å²) in [5, 5.41) is 3.91. The molecule has 6 heteroatoms. The van der Waals surface area contributed by atoms with Gasteiger partial charge in [0.15, 0.2) is 0 Å². The highest BCUT2D eigenvalue weighted by Gasteiger charge is 2.18. The van der Waals surface area contributed by atoms with Gasteiger partial charge in [-0.15, -0.1) is 0 Å². The first-order valence-corrected chi connectivity index (χ1v) is 8.94. The minimum atomic E-state index is -0.0678. The van der Waals surface area contributed by atoms with E-state index in [0.29, 0.717) is 23.1 Å². The molecule has 4 rings (SSSR count). The molecule has 1 aliphatic rings. The van der Waals surface area contributed by atoms with Crippen LogP contribution in [0, 0.1) is 6.92 Å². The zero-order chi connectivity index (χ0) is 18.1. The van der Waals surface area contributed by atoms with Gasteiger partial charge in [0.2, 0.25) is 0 Å². The van der Waals surface area contributed by atoms with E-state index in [1.807, 2.05) is 37.3 Å². The summed E-state index contributed by atoms with van der Waals surface area (Å²) >= 11 is 0. The van der Waals surface area contributed by atoms with Crippen LogP contribution < -0.4 is 16.6 Å². The number of nitrogens with one attached hydrogen (secondary N) is 1. The van der Waals surface area contributed by atoms with Crippen molar-refractivity contribution in [3.8, 4) is 5.69 Å². The molecule has 134 valence electrons. The molecule has 26 heavy (non-hydrogen) atoms. The van der Waals surface area contributed by atoms with E-state index in [1.54, 1.807) is 16.7 Å². The van der Waals surface area contributed by atoms with Crippen molar-refractivity contribution in [2.75, 3.05) is 31.9 Å². The first kappa shape index (κ1) is 16.8. The van der Waals surface area contributed by atoms with Crippen molar-refractivity contribution in [2.45, 2.75) is 13.5 Å². The summed E-state index contributed by atoms with van der Waals surface area (Å²) in [5.41, 5.74) is 9.02. The Morgan fingerprint density at radius 2 is 1.92 bits per heavy atom. The van der Waals surface area contributed by atoms with Gasteiger partial charge in [-0.05, 0) is 36.8 Å². The number of para-hydroxylation sites is 1. The number of nitrogens with zero attached hydrogens (tertiary/aromatic N) is 3. The Hall–Kier alpha value is -2.70. The lowest BCUT2D eigenvalue weighted by Gasteiger charge is -2.28. The Morgan fingerprint density at radius 1 is 1.15 bits per heavy atom. The van der Waals surface area contributed by atoms with Gasteiger partial charge in [0, 0.05) is 31.9 Å². The van der Waals surface area contributed by atoms with Crippen LogP contribution in [0.4, 0.5) is 5.69 Å². The molecule has 0 saturated carbocycles.